The maximum atomic E-state index is 14.7. The molecule has 6 aliphatic rings. The summed E-state index contributed by atoms with van der Waals surface area (Å²) in [6, 6.07) is 12.4. The first kappa shape index (κ1) is 56.9. The zero-order valence-electron chi connectivity index (χ0n) is 43.7. The van der Waals surface area contributed by atoms with Gasteiger partial charge in [-0.25, -0.2) is 27.8 Å². The summed E-state index contributed by atoms with van der Waals surface area (Å²) in [5, 5.41) is 18.8. The molecular weight excluding hydrogens is 1140 g/mol. The molecule has 1 saturated heterocycles. The number of hydrogen-bond acceptors (Lipinski definition) is 18. The molecule has 0 radical (unpaired) electrons. The lowest BCUT2D eigenvalue weighted by Crippen LogP contribution is -2.45. The Morgan fingerprint density at radius 3 is 2.46 bits per heavy atom. The Morgan fingerprint density at radius 1 is 0.938 bits per heavy atom. The number of phosphoric ester groups is 1. The fourth-order valence-electron chi connectivity index (χ4n) is 11.9. The van der Waals surface area contributed by atoms with Gasteiger partial charge in [0.05, 0.1) is 18.5 Å². The molecule has 81 heavy (non-hydrogen) atoms. The number of alkyl carbamates (subject to hydrolysis) is 1. The minimum atomic E-state index is -5.69. The fourth-order valence-corrected chi connectivity index (χ4v) is 15.7. The number of carbonyl (C=O) groups excluding carboxylic acids is 3. The summed E-state index contributed by atoms with van der Waals surface area (Å²) >= 11 is 4.09. The second kappa shape index (κ2) is 22.7. The van der Waals surface area contributed by atoms with E-state index in [0.717, 1.165) is 122 Å². The first-order valence-electron chi connectivity index (χ1n) is 26.5. The number of aliphatic hydroxyl groups excluding tert-OH is 1. The highest BCUT2D eigenvalue weighted by Gasteiger charge is 2.50. The monoisotopic (exact) mass is 1200 g/mol. The Labute approximate surface area is 466 Å². The lowest BCUT2D eigenvalue weighted by molar-refractivity contribution is -0.121. The van der Waals surface area contributed by atoms with E-state index in [1.807, 2.05) is 24.3 Å². The molecule has 0 saturated carbocycles. The first-order valence-corrected chi connectivity index (χ1v) is 32.1. The molecule has 6 aliphatic heterocycles. The van der Waals surface area contributed by atoms with Gasteiger partial charge >= 0.3 is 28.5 Å². The van der Waals surface area contributed by atoms with Gasteiger partial charge in [-0.1, -0.05) is 18.2 Å². The third-order valence-electron chi connectivity index (χ3n) is 15.2. The number of H-pyrrole nitrogens is 1. The van der Waals surface area contributed by atoms with Crippen LogP contribution in [0.15, 0.2) is 47.5 Å². The molecule has 11 rings (SSSR count). The Balaban J connectivity index is 0.735. The van der Waals surface area contributed by atoms with Crippen molar-refractivity contribution in [1.82, 2.24) is 39.6 Å². The summed E-state index contributed by atoms with van der Waals surface area (Å²) in [5.74, 6) is 0.904. The van der Waals surface area contributed by atoms with E-state index >= 15 is 0 Å². The first-order chi connectivity index (χ1) is 38.6. The van der Waals surface area contributed by atoms with Crippen molar-refractivity contribution in [3.05, 3.63) is 103 Å². The van der Waals surface area contributed by atoms with Crippen molar-refractivity contribution >= 4 is 80.5 Å². The van der Waals surface area contributed by atoms with Gasteiger partial charge in [0.15, 0.2) is 23.5 Å². The standard InChI is InChI=1S/C50H59N10O17P3S/c1-57(47(64)30-12-3-2-11-29(30)37-33-23-27-9-4-19-58-21-6-13-31(39(27)58)42(33)74-43-32-14-7-22-59-20-5-10-28(40(32)59)24-34(37)43)18-8-15-36(61)52-16-17-53-50(65)75-44-41(62)35(25-72-78(66,67)76-79(68,69)77-80(70,71)81)73-48(44)60-26-54-38-45(60)55-49(51)56-46(38)63/h2-3,11-12,23-24,26,35,41,44,48,62H,4-10,13-22,25H2,1H3,(H8-,51,52,53,55,56,61,63,65,66,67,68,69,70,71,81)/p+1/t35-,41-,44-,48-/m1/s1. The Hall–Kier alpha value is -5.96. The number of nitrogens with zero attached hydrogens (tertiary/aromatic N) is 6. The largest absolute Gasteiger partial charge is 0.488 e. The highest BCUT2D eigenvalue weighted by molar-refractivity contribution is 8.08. The number of benzene rings is 3. The number of anilines is 2. The van der Waals surface area contributed by atoms with Gasteiger partial charge in [0.25, 0.3) is 11.5 Å². The maximum absolute atomic E-state index is 14.7. The Morgan fingerprint density at radius 2 is 1.67 bits per heavy atom. The SMILES string of the molecule is CN(CCCC(=O)NCCNC(=O)O[C@@H]1[C@H](O)[C@@H](COP(=O)(O)OP(=O)(O)OP(O)(O)=S)O[C@H]1n1cnc2c(=O)[nH]c(N)nc21)C(=O)c1ccccc1C1=c2cc3c4c(c2Oc2c1cc1c5c2CCCN5CCC1)CCC[N+]=4CCC3. The molecular formula is C50H60N10O17P3S+. The van der Waals surface area contributed by atoms with Crippen LogP contribution in [0, 0.1) is 0 Å². The molecule has 432 valence electrons. The highest BCUT2D eigenvalue weighted by Crippen LogP contribution is 2.66. The number of fused-ring (bicyclic) bond motifs is 5. The van der Waals surface area contributed by atoms with Gasteiger partial charge in [-0.3, -0.25) is 28.5 Å². The molecule has 2 aromatic heterocycles. The fraction of sp³-hybridized carbons (Fsp3) is 0.460. The van der Waals surface area contributed by atoms with Crippen LogP contribution in [-0.4, -0.2) is 145 Å². The summed E-state index contributed by atoms with van der Waals surface area (Å²) < 4.78 is 59.4. The third-order valence-corrected chi connectivity index (χ3v) is 19.6. The van der Waals surface area contributed by atoms with Gasteiger partial charge in [0.2, 0.25) is 17.2 Å². The van der Waals surface area contributed by atoms with Gasteiger partial charge in [0, 0.05) is 97.8 Å². The van der Waals surface area contributed by atoms with Gasteiger partial charge < -0.3 is 65.1 Å². The van der Waals surface area contributed by atoms with Crippen LogP contribution in [0.2, 0.25) is 0 Å². The molecule has 6 atom stereocenters. The number of aryl methyl sites for hydroxylation is 2. The minimum absolute atomic E-state index is 0.0413. The van der Waals surface area contributed by atoms with E-state index in [1.165, 1.54) is 33.3 Å². The zero-order chi connectivity index (χ0) is 57.1. The van der Waals surface area contributed by atoms with Gasteiger partial charge in [-0.2, -0.15) is 9.29 Å². The number of hydrogen-bond donors (Lipinski definition) is 9. The number of amides is 3. The van der Waals surface area contributed by atoms with Crippen LogP contribution in [0.3, 0.4) is 0 Å². The van der Waals surface area contributed by atoms with E-state index in [1.54, 1.807) is 11.9 Å². The Bertz CT molecular complexity index is 3740. The second-order valence-electron chi connectivity index (χ2n) is 20.6. The summed E-state index contributed by atoms with van der Waals surface area (Å²) in [4.78, 5) is 106. The number of nitrogens with two attached hydrogens (primary N) is 1. The van der Waals surface area contributed by atoms with Crippen LogP contribution < -0.4 is 46.7 Å². The van der Waals surface area contributed by atoms with E-state index in [-0.39, 0.29) is 55.0 Å². The van der Waals surface area contributed by atoms with Crippen LogP contribution in [-0.2, 0) is 74.0 Å². The third kappa shape index (κ3) is 11.7. The van der Waals surface area contributed by atoms with Crippen molar-refractivity contribution in [2.45, 2.75) is 88.7 Å². The summed E-state index contributed by atoms with van der Waals surface area (Å²) in [5.41, 5.74) is 14.4. The van der Waals surface area contributed by atoms with Crippen LogP contribution in [0.5, 0.6) is 11.5 Å². The Kier molecular flexibility index (Phi) is 15.9. The van der Waals surface area contributed by atoms with Crippen LogP contribution >= 0.6 is 22.4 Å². The number of ether oxygens (including phenoxy) is 3. The number of nitrogen functional groups attached to an aromatic ring is 1. The average Bonchev–Trinajstić information content (AvgIpc) is 2.76. The van der Waals surface area contributed by atoms with E-state index in [0.29, 0.717) is 12.0 Å². The molecule has 0 aliphatic carbocycles. The number of aromatic nitrogens is 4. The molecule has 0 bridgehead atoms. The lowest BCUT2D eigenvalue weighted by atomic mass is 9.81. The summed E-state index contributed by atoms with van der Waals surface area (Å²) in [6.45, 7) is -1.84. The van der Waals surface area contributed by atoms with Crippen molar-refractivity contribution in [1.29, 1.82) is 0 Å². The quantitative estimate of drug-likeness (QED) is 0.0335. The number of rotatable bonds is 18. The van der Waals surface area contributed by atoms with Crippen LogP contribution in [0.25, 0.3) is 16.7 Å². The van der Waals surface area contributed by atoms with Crippen molar-refractivity contribution in [3.8, 4) is 11.5 Å². The molecule has 1 fully saturated rings. The van der Waals surface area contributed by atoms with Crippen molar-refractivity contribution in [2.24, 2.45) is 0 Å². The summed E-state index contributed by atoms with van der Waals surface area (Å²) in [7, 11) is -9.57. The van der Waals surface area contributed by atoms with Crippen molar-refractivity contribution < 1.29 is 75.5 Å². The highest BCUT2D eigenvalue weighted by atomic mass is 32.5. The van der Waals surface area contributed by atoms with Crippen LogP contribution in [0.4, 0.5) is 16.4 Å². The topological polar surface area (TPSA) is 365 Å². The van der Waals surface area contributed by atoms with E-state index < -0.39 is 65.2 Å². The van der Waals surface area contributed by atoms with E-state index in [9.17, 15) is 53.0 Å². The second-order valence-corrected chi connectivity index (χ2v) is 26.4. The molecule has 10 N–H and O–H groups in total. The number of imidazole rings is 1. The molecule has 2 unspecified atom stereocenters. The molecule has 3 aromatic carbocycles. The normalized spacial score (nSPS) is 21.4. The predicted octanol–water partition coefficient (Wildman–Crippen LogP) is 1.62. The zero-order valence-corrected chi connectivity index (χ0v) is 47.2. The molecule has 8 heterocycles. The van der Waals surface area contributed by atoms with E-state index in [2.05, 4.69) is 67.6 Å². The molecule has 0 spiro atoms. The van der Waals surface area contributed by atoms with Gasteiger partial charge in [-0.15, -0.1) is 0 Å². The van der Waals surface area contributed by atoms with Crippen molar-refractivity contribution in [2.75, 3.05) is 70.1 Å². The maximum Gasteiger partial charge on any atom is 0.488 e. The lowest BCUT2D eigenvalue weighted by Gasteiger charge is -2.39. The van der Waals surface area contributed by atoms with E-state index in [4.69, 9.17) is 24.5 Å². The average molecular weight is 1200 g/mol. The van der Waals surface area contributed by atoms with Crippen LogP contribution in [0.1, 0.15) is 88.5 Å². The number of aromatic amines is 1. The number of phosphoric acid groups is 2. The number of nitrogens with one attached hydrogen (secondary N) is 3. The minimum Gasteiger partial charge on any atom is -0.455 e. The molecule has 3 amide bonds. The van der Waals surface area contributed by atoms with Gasteiger partial charge in [0.1, 0.15) is 36.8 Å². The number of carbonyl (C=O) groups is 3. The van der Waals surface area contributed by atoms with Crippen molar-refractivity contribution in [3.63, 3.8) is 0 Å². The molecule has 31 heteroatoms. The van der Waals surface area contributed by atoms with Gasteiger partial charge in [-0.05, 0) is 86.1 Å². The molecule has 27 nitrogen and oxygen atoms in total. The molecule has 5 aromatic rings. The smallest absolute Gasteiger partial charge is 0.455 e. The number of aliphatic hydroxyl groups is 1. The summed E-state index contributed by atoms with van der Waals surface area (Å²) in [6.07, 6.45) is 1.45. The predicted molar refractivity (Wildman–Crippen MR) is 293 cm³/mol.